The molecular weight excluding hydrogens is 138 g/mol. The zero-order valence-corrected chi connectivity index (χ0v) is 4.84. The molecule has 10 heavy (non-hydrogen) atoms. The van der Waals surface area contributed by atoms with Gasteiger partial charge in [-0.3, -0.25) is 15.0 Å². The van der Waals surface area contributed by atoms with Crippen molar-refractivity contribution < 1.29 is 9.90 Å². The minimum Gasteiger partial charge on any atom is -0.476 e. The average Bonchev–Trinajstić information content (AvgIpc) is 2.14. The molecule has 0 amide bonds. The van der Waals surface area contributed by atoms with Gasteiger partial charge in [-0.15, -0.1) is 0 Å². The van der Waals surface area contributed by atoms with Crippen LogP contribution >= 0.6 is 0 Å². The normalized spacial score (nSPS) is 9.60. The zero-order chi connectivity index (χ0) is 7.72. The smallest absolute Gasteiger partial charge is 0.356 e. The minimum absolute atomic E-state index is 0.299. The van der Waals surface area contributed by atoms with E-state index in [1.807, 2.05) is 5.10 Å². The lowest BCUT2D eigenvalue weighted by Gasteiger charge is -1.85. The number of nitrogen functional groups attached to an aromatic ring is 1. The van der Waals surface area contributed by atoms with Gasteiger partial charge in [0.25, 0.3) is 5.56 Å². The number of carboxylic acids is 1. The third-order valence-corrected chi connectivity index (χ3v) is 1.03. The van der Waals surface area contributed by atoms with Crippen LogP contribution in [0.1, 0.15) is 10.5 Å². The van der Waals surface area contributed by atoms with Gasteiger partial charge in [0, 0.05) is 0 Å². The Morgan fingerprint density at radius 1 is 1.50 bits per heavy atom. The molecule has 0 bridgehead atoms. The van der Waals surface area contributed by atoms with Crippen LogP contribution in [0.5, 0.6) is 0 Å². The van der Waals surface area contributed by atoms with Gasteiger partial charge in [0.05, 0.1) is 0 Å². The maximum Gasteiger partial charge on any atom is 0.356 e. The summed E-state index contributed by atoms with van der Waals surface area (Å²) in [6, 6.07) is 0. The van der Waals surface area contributed by atoms with Crippen molar-refractivity contribution in [3.05, 3.63) is 16.0 Å². The van der Waals surface area contributed by atoms with Crippen molar-refractivity contribution in [3.8, 4) is 0 Å². The molecule has 0 saturated heterocycles. The highest BCUT2D eigenvalue weighted by atomic mass is 16.4. The number of aromatic carboxylic acids is 1. The Labute approximate surface area is 54.7 Å². The fourth-order valence-electron chi connectivity index (χ4n) is 0.536. The summed E-state index contributed by atoms with van der Waals surface area (Å²) in [5, 5.41) is 12.5. The summed E-state index contributed by atoms with van der Waals surface area (Å²) in [7, 11) is 0. The molecular formula is C4H5N3O3. The number of hydrogen-bond acceptors (Lipinski definition) is 3. The van der Waals surface area contributed by atoms with E-state index in [0.717, 1.165) is 0 Å². The number of anilines is 1. The quantitative estimate of drug-likeness (QED) is 0.403. The summed E-state index contributed by atoms with van der Waals surface area (Å²) < 4.78 is 0. The van der Waals surface area contributed by atoms with Crippen LogP contribution in [0.3, 0.4) is 0 Å². The fourth-order valence-corrected chi connectivity index (χ4v) is 0.536. The number of rotatable bonds is 1. The fraction of sp³-hybridized carbons (Fsp3) is 0. The highest BCUT2D eigenvalue weighted by Gasteiger charge is 2.11. The molecule has 0 aliphatic carbocycles. The van der Waals surface area contributed by atoms with Crippen molar-refractivity contribution in [1.82, 2.24) is 10.2 Å². The van der Waals surface area contributed by atoms with Crippen LogP contribution in [0.4, 0.5) is 5.69 Å². The molecule has 0 fully saturated rings. The average molecular weight is 143 g/mol. The first-order valence-corrected chi connectivity index (χ1v) is 2.42. The lowest BCUT2D eigenvalue weighted by molar-refractivity contribution is 0.0691. The molecule has 0 unspecified atom stereocenters. The molecule has 1 heterocycles. The van der Waals surface area contributed by atoms with Crippen molar-refractivity contribution in [2.75, 3.05) is 5.73 Å². The molecule has 0 atom stereocenters. The van der Waals surface area contributed by atoms with Crippen LogP contribution in [0.2, 0.25) is 0 Å². The topological polar surface area (TPSA) is 112 Å². The summed E-state index contributed by atoms with van der Waals surface area (Å²) in [6.45, 7) is 0. The van der Waals surface area contributed by atoms with E-state index in [1.165, 1.54) is 0 Å². The number of carboxylic acid groups (broad SMARTS) is 1. The van der Waals surface area contributed by atoms with Gasteiger partial charge in [-0.05, 0) is 0 Å². The summed E-state index contributed by atoms with van der Waals surface area (Å²) in [5.41, 5.74) is 3.83. The van der Waals surface area contributed by atoms with Gasteiger partial charge in [0.1, 0.15) is 5.69 Å². The number of aromatic amines is 2. The lowest BCUT2D eigenvalue weighted by Crippen LogP contribution is -2.07. The van der Waals surface area contributed by atoms with E-state index in [4.69, 9.17) is 10.8 Å². The molecule has 0 radical (unpaired) electrons. The number of H-pyrrole nitrogens is 2. The minimum atomic E-state index is -1.25. The number of carbonyl (C=O) groups is 1. The predicted octanol–water partition coefficient (Wildman–Crippen LogP) is -1.02. The van der Waals surface area contributed by atoms with Crippen molar-refractivity contribution >= 4 is 11.7 Å². The van der Waals surface area contributed by atoms with Gasteiger partial charge in [-0.1, -0.05) is 0 Å². The highest BCUT2D eigenvalue weighted by molar-refractivity contribution is 5.90. The molecule has 54 valence electrons. The first-order chi connectivity index (χ1) is 4.63. The van der Waals surface area contributed by atoms with E-state index in [9.17, 15) is 9.59 Å². The van der Waals surface area contributed by atoms with Gasteiger partial charge in [0.2, 0.25) is 0 Å². The second kappa shape index (κ2) is 1.90. The van der Waals surface area contributed by atoms with Crippen LogP contribution in [0.25, 0.3) is 0 Å². The second-order valence-corrected chi connectivity index (χ2v) is 1.67. The Bertz CT molecular complexity index is 310. The van der Waals surface area contributed by atoms with Gasteiger partial charge in [-0.25, -0.2) is 4.79 Å². The van der Waals surface area contributed by atoms with Crippen molar-refractivity contribution in [3.63, 3.8) is 0 Å². The molecule has 0 aliphatic heterocycles. The Hall–Kier alpha value is -1.72. The van der Waals surface area contributed by atoms with Crippen molar-refractivity contribution in [1.29, 1.82) is 0 Å². The van der Waals surface area contributed by atoms with Gasteiger partial charge in [0.15, 0.2) is 5.69 Å². The SMILES string of the molecule is Nc1c(C(=O)O)[nH][nH]c1=O. The van der Waals surface area contributed by atoms with Crippen molar-refractivity contribution in [2.24, 2.45) is 0 Å². The molecule has 6 nitrogen and oxygen atoms in total. The summed E-state index contributed by atoms with van der Waals surface area (Å²) in [4.78, 5) is 20.6. The molecule has 0 aromatic carbocycles. The Morgan fingerprint density at radius 2 is 2.10 bits per heavy atom. The second-order valence-electron chi connectivity index (χ2n) is 1.67. The van der Waals surface area contributed by atoms with Crippen LogP contribution in [0, 0.1) is 0 Å². The molecule has 1 aromatic heterocycles. The van der Waals surface area contributed by atoms with Crippen LogP contribution in [0.15, 0.2) is 4.79 Å². The number of nitrogens with two attached hydrogens (primary N) is 1. The van der Waals surface area contributed by atoms with E-state index in [-0.39, 0.29) is 11.4 Å². The van der Waals surface area contributed by atoms with E-state index in [1.54, 1.807) is 0 Å². The zero-order valence-electron chi connectivity index (χ0n) is 4.84. The predicted molar refractivity (Wildman–Crippen MR) is 32.8 cm³/mol. The number of nitrogens with one attached hydrogen (secondary N) is 2. The maximum atomic E-state index is 10.5. The Kier molecular flexibility index (Phi) is 1.22. The summed E-state index contributed by atoms with van der Waals surface area (Å²) in [6.07, 6.45) is 0. The largest absolute Gasteiger partial charge is 0.476 e. The third kappa shape index (κ3) is 0.750. The van der Waals surface area contributed by atoms with Crippen LogP contribution < -0.4 is 11.3 Å². The maximum absolute atomic E-state index is 10.5. The van der Waals surface area contributed by atoms with E-state index in [0.29, 0.717) is 0 Å². The Balaban J connectivity index is 3.31. The standard InChI is InChI=1S/C4H5N3O3/c5-1-2(4(9)10)6-7-3(1)8/h5H2,(H,9,10)(H2,6,7,8). The molecule has 0 aliphatic rings. The first-order valence-electron chi connectivity index (χ1n) is 2.42. The molecule has 1 rings (SSSR count). The van der Waals surface area contributed by atoms with E-state index < -0.39 is 11.5 Å². The van der Waals surface area contributed by atoms with Crippen LogP contribution in [-0.2, 0) is 0 Å². The molecule has 5 N–H and O–H groups in total. The van der Waals surface area contributed by atoms with E-state index in [2.05, 4.69) is 5.10 Å². The lowest BCUT2D eigenvalue weighted by atomic mass is 10.4. The molecule has 6 heteroatoms. The van der Waals surface area contributed by atoms with Gasteiger partial charge < -0.3 is 10.8 Å². The summed E-state index contributed by atoms with van der Waals surface area (Å²) >= 11 is 0. The number of hydrogen-bond donors (Lipinski definition) is 4. The monoisotopic (exact) mass is 143 g/mol. The van der Waals surface area contributed by atoms with Crippen molar-refractivity contribution in [2.45, 2.75) is 0 Å². The Morgan fingerprint density at radius 3 is 2.30 bits per heavy atom. The number of aromatic nitrogens is 2. The van der Waals surface area contributed by atoms with Gasteiger partial charge in [-0.2, -0.15) is 0 Å². The molecule has 1 aromatic rings. The first kappa shape index (κ1) is 6.40. The molecule has 0 saturated carbocycles. The summed E-state index contributed by atoms with van der Waals surface area (Å²) in [5.74, 6) is -1.25. The molecule has 0 spiro atoms. The van der Waals surface area contributed by atoms with E-state index >= 15 is 0 Å². The van der Waals surface area contributed by atoms with Gasteiger partial charge >= 0.3 is 5.97 Å². The third-order valence-electron chi connectivity index (χ3n) is 1.03. The van der Waals surface area contributed by atoms with Crippen LogP contribution in [-0.4, -0.2) is 21.3 Å². The highest BCUT2D eigenvalue weighted by Crippen LogP contribution is 1.98.